The molecule has 0 aliphatic carbocycles. The van der Waals surface area contributed by atoms with E-state index in [1.165, 1.54) is 6.39 Å². The van der Waals surface area contributed by atoms with E-state index in [-0.39, 0.29) is 5.57 Å². The molecule has 142 valence electrons. The molecule has 2 aromatic heterocycles. The van der Waals surface area contributed by atoms with E-state index >= 15 is 0 Å². The fraction of sp³-hybridized carbons (Fsp3) is 0.238. The molecule has 0 fully saturated rings. The Kier molecular flexibility index (Phi) is 5.70. The van der Waals surface area contributed by atoms with E-state index in [0.29, 0.717) is 17.2 Å². The van der Waals surface area contributed by atoms with Gasteiger partial charge < -0.3 is 13.7 Å². The van der Waals surface area contributed by atoms with E-state index in [1.54, 1.807) is 30.3 Å². The number of hydrogen-bond donors (Lipinski definition) is 0. The van der Waals surface area contributed by atoms with Crippen molar-refractivity contribution in [1.29, 1.82) is 5.26 Å². The van der Waals surface area contributed by atoms with Crippen molar-refractivity contribution in [2.45, 2.75) is 33.7 Å². The number of carbonyl (C=O) groups is 1. The molecule has 0 atom stereocenters. The fourth-order valence-electron chi connectivity index (χ4n) is 2.96. The van der Waals surface area contributed by atoms with E-state index in [1.807, 2.05) is 26.0 Å². The van der Waals surface area contributed by atoms with Crippen LogP contribution in [0.15, 0.2) is 46.7 Å². The smallest absolute Gasteiger partial charge is 0.354 e. The van der Waals surface area contributed by atoms with Gasteiger partial charge in [-0.2, -0.15) is 5.26 Å². The predicted octanol–water partition coefficient (Wildman–Crippen LogP) is 4.08. The number of aromatic nitrogens is 3. The zero-order valence-electron chi connectivity index (χ0n) is 16.0. The van der Waals surface area contributed by atoms with Gasteiger partial charge >= 0.3 is 5.97 Å². The molecule has 1 aromatic carbocycles. The third kappa shape index (κ3) is 4.01. The van der Waals surface area contributed by atoms with Crippen LogP contribution in [0.3, 0.4) is 0 Å². The van der Waals surface area contributed by atoms with Gasteiger partial charge in [0.15, 0.2) is 0 Å². The third-order valence-corrected chi connectivity index (χ3v) is 4.37. The van der Waals surface area contributed by atoms with Crippen molar-refractivity contribution in [3.05, 3.63) is 59.2 Å². The van der Waals surface area contributed by atoms with Gasteiger partial charge in [0.25, 0.3) is 0 Å². The maximum Gasteiger partial charge on any atom is 0.354 e. The number of hydrogen-bond acceptors (Lipinski definition) is 6. The van der Waals surface area contributed by atoms with Gasteiger partial charge in [-0.05, 0) is 62.2 Å². The van der Waals surface area contributed by atoms with Gasteiger partial charge in [-0.3, -0.25) is 0 Å². The Bertz CT molecular complexity index is 1040. The molecule has 0 unspecified atom stereocenters. The first-order valence-corrected chi connectivity index (χ1v) is 8.90. The molecule has 3 rings (SSSR count). The van der Waals surface area contributed by atoms with Crippen LogP contribution >= 0.6 is 0 Å². The molecule has 0 radical (unpaired) electrons. The van der Waals surface area contributed by atoms with Crippen molar-refractivity contribution in [3.8, 4) is 23.3 Å². The Morgan fingerprint density at radius 1 is 1.32 bits per heavy atom. The number of rotatable bonds is 6. The number of esters is 1. The van der Waals surface area contributed by atoms with Crippen LogP contribution in [0.4, 0.5) is 0 Å². The third-order valence-electron chi connectivity index (χ3n) is 4.37. The van der Waals surface area contributed by atoms with Gasteiger partial charge in [0.2, 0.25) is 12.3 Å². The van der Waals surface area contributed by atoms with E-state index in [4.69, 9.17) is 9.15 Å². The summed E-state index contributed by atoms with van der Waals surface area (Å²) in [7, 11) is 0. The molecule has 28 heavy (non-hydrogen) atoms. The van der Waals surface area contributed by atoms with Gasteiger partial charge in [0.1, 0.15) is 17.4 Å². The lowest BCUT2D eigenvalue weighted by Crippen LogP contribution is -2.10. The standard InChI is InChI=1S/C21H20N4O3/c1-4-9-25-14(2)10-17(15(25)3)11-18(12-22)21(26)28-19-7-5-16(6-8-19)20-24-23-13-27-20/h5-8,10-11,13H,4,9H2,1-3H3. The van der Waals surface area contributed by atoms with Gasteiger partial charge in [0.05, 0.1) is 0 Å². The summed E-state index contributed by atoms with van der Waals surface area (Å²) >= 11 is 0. The molecule has 0 saturated carbocycles. The molecule has 0 aliphatic heterocycles. The number of ether oxygens (including phenoxy) is 1. The lowest BCUT2D eigenvalue weighted by molar-refractivity contribution is -0.129. The first-order chi connectivity index (χ1) is 13.5. The predicted molar refractivity (Wildman–Crippen MR) is 103 cm³/mol. The molecule has 7 heteroatoms. The molecule has 2 heterocycles. The summed E-state index contributed by atoms with van der Waals surface area (Å²) in [4.78, 5) is 12.4. The number of benzene rings is 1. The Hall–Kier alpha value is -3.66. The van der Waals surface area contributed by atoms with Crippen LogP contribution in [0.5, 0.6) is 5.75 Å². The largest absolute Gasteiger partial charge is 0.423 e. The summed E-state index contributed by atoms with van der Waals surface area (Å²) in [5.74, 6) is -0.00266. The minimum Gasteiger partial charge on any atom is -0.423 e. The summed E-state index contributed by atoms with van der Waals surface area (Å²) in [6.07, 6.45) is 3.82. The minimum absolute atomic E-state index is 0.0577. The maximum atomic E-state index is 12.4. The molecule has 0 bridgehead atoms. The van der Waals surface area contributed by atoms with Gasteiger partial charge in [-0.25, -0.2) is 4.79 Å². The molecule has 3 aromatic rings. The van der Waals surface area contributed by atoms with Crippen molar-refractivity contribution in [2.24, 2.45) is 0 Å². The van der Waals surface area contributed by atoms with Crippen LogP contribution in [-0.2, 0) is 11.3 Å². The second kappa shape index (κ2) is 8.35. The quantitative estimate of drug-likeness (QED) is 0.278. The SMILES string of the molecule is CCCn1c(C)cc(C=C(C#N)C(=O)Oc2ccc(-c3nnco3)cc2)c1C. The first kappa shape index (κ1) is 19.1. The van der Waals surface area contributed by atoms with Crippen molar-refractivity contribution >= 4 is 12.0 Å². The monoisotopic (exact) mass is 376 g/mol. The molecular formula is C21H20N4O3. The lowest BCUT2D eigenvalue weighted by Gasteiger charge is -2.07. The highest BCUT2D eigenvalue weighted by molar-refractivity contribution is 5.99. The highest BCUT2D eigenvalue weighted by Gasteiger charge is 2.15. The second-order valence-corrected chi connectivity index (χ2v) is 6.31. The number of nitriles is 1. The molecule has 0 spiro atoms. The topological polar surface area (TPSA) is 93.9 Å². The molecule has 0 N–H and O–H groups in total. The Balaban J connectivity index is 1.78. The highest BCUT2D eigenvalue weighted by atomic mass is 16.5. The fourth-order valence-corrected chi connectivity index (χ4v) is 2.96. The molecule has 7 nitrogen and oxygen atoms in total. The Morgan fingerprint density at radius 2 is 2.07 bits per heavy atom. The van der Waals surface area contributed by atoms with Gasteiger partial charge in [0, 0.05) is 23.5 Å². The number of carbonyl (C=O) groups excluding carboxylic acids is 1. The summed E-state index contributed by atoms with van der Waals surface area (Å²) < 4.78 is 12.6. The van der Waals surface area contributed by atoms with Crippen molar-refractivity contribution in [2.75, 3.05) is 0 Å². The van der Waals surface area contributed by atoms with E-state index in [0.717, 1.165) is 29.9 Å². The van der Waals surface area contributed by atoms with Crippen LogP contribution < -0.4 is 4.74 Å². The van der Waals surface area contributed by atoms with Crippen LogP contribution in [0, 0.1) is 25.2 Å². The first-order valence-electron chi connectivity index (χ1n) is 8.90. The van der Waals surface area contributed by atoms with E-state index in [2.05, 4.69) is 21.7 Å². The molecule has 0 aliphatic rings. The van der Waals surface area contributed by atoms with E-state index < -0.39 is 5.97 Å². The van der Waals surface area contributed by atoms with Crippen LogP contribution in [0.2, 0.25) is 0 Å². The molecule has 0 saturated heterocycles. The highest BCUT2D eigenvalue weighted by Crippen LogP contribution is 2.22. The number of nitrogens with zero attached hydrogens (tertiary/aromatic N) is 4. The summed E-state index contributed by atoms with van der Waals surface area (Å²) in [5.41, 5.74) is 3.59. The van der Waals surface area contributed by atoms with Crippen LogP contribution in [-0.4, -0.2) is 20.7 Å². The molecular weight excluding hydrogens is 356 g/mol. The number of aryl methyl sites for hydroxylation is 1. The summed E-state index contributed by atoms with van der Waals surface area (Å²) in [6, 6.07) is 10.5. The van der Waals surface area contributed by atoms with Crippen molar-refractivity contribution < 1.29 is 13.9 Å². The summed E-state index contributed by atoms with van der Waals surface area (Å²) in [5, 5.41) is 16.9. The Morgan fingerprint density at radius 3 is 2.68 bits per heavy atom. The average Bonchev–Trinajstić information content (AvgIpc) is 3.31. The normalized spacial score (nSPS) is 11.3. The van der Waals surface area contributed by atoms with Crippen molar-refractivity contribution in [1.82, 2.24) is 14.8 Å². The van der Waals surface area contributed by atoms with Crippen LogP contribution in [0.1, 0.15) is 30.3 Å². The van der Waals surface area contributed by atoms with Gasteiger partial charge in [-0.15, -0.1) is 10.2 Å². The second-order valence-electron chi connectivity index (χ2n) is 6.31. The van der Waals surface area contributed by atoms with E-state index in [9.17, 15) is 10.1 Å². The minimum atomic E-state index is -0.701. The zero-order chi connectivity index (χ0) is 20.1. The zero-order valence-corrected chi connectivity index (χ0v) is 16.0. The Labute approximate surface area is 162 Å². The van der Waals surface area contributed by atoms with Gasteiger partial charge in [-0.1, -0.05) is 6.92 Å². The maximum absolute atomic E-state index is 12.4. The average molecular weight is 376 g/mol. The van der Waals surface area contributed by atoms with Crippen molar-refractivity contribution in [3.63, 3.8) is 0 Å². The van der Waals surface area contributed by atoms with Crippen LogP contribution in [0.25, 0.3) is 17.5 Å². The summed E-state index contributed by atoms with van der Waals surface area (Å²) in [6.45, 7) is 6.99. The lowest BCUT2D eigenvalue weighted by atomic mass is 10.1. The molecule has 0 amide bonds.